The van der Waals surface area contributed by atoms with Crippen molar-refractivity contribution in [2.45, 2.75) is 97.3 Å². The summed E-state index contributed by atoms with van der Waals surface area (Å²) in [6.07, 6.45) is 9.27. The third-order valence-corrected chi connectivity index (χ3v) is 10.4. The molecule has 0 heterocycles. The third kappa shape index (κ3) is 11.4. The number of benzene rings is 4. The van der Waals surface area contributed by atoms with Gasteiger partial charge in [0.25, 0.3) is 0 Å². The van der Waals surface area contributed by atoms with Gasteiger partial charge in [0.1, 0.15) is 0 Å². The van der Waals surface area contributed by atoms with E-state index in [1.807, 2.05) is 0 Å². The minimum atomic E-state index is 0. The van der Waals surface area contributed by atoms with Crippen molar-refractivity contribution in [2.24, 2.45) is 0 Å². The van der Waals surface area contributed by atoms with E-state index in [1.54, 1.807) is 0 Å². The van der Waals surface area contributed by atoms with E-state index in [4.69, 9.17) is 0 Å². The topological polar surface area (TPSA) is 0 Å². The van der Waals surface area contributed by atoms with E-state index in [0.29, 0.717) is 11.8 Å². The number of aryl methyl sites for hydroxylation is 1. The molecule has 1 atom stereocenters. The zero-order chi connectivity index (χ0) is 33.3. The summed E-state index contributed by atoms with van der Waals surface area (Å²) in [6, 6.07) is 41.2. The average Bonchev–Trinajstić information content (AvgIpc) is 3.78. The quantitative estimate of drug-likeness (QED) is 0.111. The zero-order valence-electron chi connectivity index (χ0n) is 31.9. The van der Waals surface area contributed by atoms with Gasteiger partial charge in [-0.2, -0.15) is 12.1 Å². The second kappa shape index (κ2) is 22.8. The Morgan fingerprint density at radius 3 is 1.69 bits per heavy atom. The number of fused-ring (bicyclic) bond motifs is 2. The Morgan fingerprint density at radius 2 is 1.18 bits per heavy atom. The molecule has 0 saturated heterocycles. The maximum absolute atomic E-state index is 3.06. The van der Waals surface area contributed by atoms with Gasteiger partial charge in [-0.15, -0.1) is 93.9 Å². The molecule has 2 radical (unpaired) electrons. The summed E-state index contributed by atoms with van der Waals surface area (Å²) in [5.74, 6) is 2.00. The van der Waals surface area contributed by atoms with E-state index >= 15 is 0 Å². The molecule has 1 aliphatic rings. The van der Waals surface area contributed by atoms with Gasteiger partial charge in [0, 0.05) is 0 Å². The van der Waals surface area contributed by atoms with E-state index < -0.39 is 0 Å². The normalized spacial score (nSPS) is 12.9. The Bertz CT molecular complexity index is 1860. The predicted octanol–water partition coefficient (Wildman–Crippen LogP) is 15.1. The maximum atomic E-state index is 3.06. The molecule has 4 heteroatoms. The first kappa shape index (κ1) is 46.8. The van der Waals surface area contributed by atoms with Crippen molar-refractivity contribution in [3.8, 4) is 22.3 Å². The first-order valence-electron chi connectivity index (χ1n) is 17.8. The fraction of sp³-hybridized carbons (Fsp3) is 0.319. The van der Waals surface area contributed by atoms with Crippen LogP contribution in [0.5, 0.6) is 0 Å². The van der Waals surface area contributed by atoms with E-state index in [9.17, 15) is 0 Å². The fourth-order valence-electron chi connectivity index (χ4n) is 7.20. The van der Waals surface area contributed by atoms with Crippen LogP contribution in [0.2, 0.25) is 0 Å². The minimum absolute atomic E-state index is 0. The first-order valence-corrected chi connectivity index (χ1v) is 22.0. The number of rotatable bonds is 7. The predicted molar refractivity (Wildman–Crippen MR) is 231 cm³/mol. The van der Waals surface area contributed by atoms with Gasteiger partial charge in [-0.1, -0.05) is 132 Å². The Labute approximate surface area is 340 Å². The fourth-order valence-corrected chi connectivity index (χ4v) is 7.20. The second-order valence-corrected chi connectivity index (χ2v) is 13.7. The monoisotopic (exact) mass is 810 g/mol. The molecule has 1 fully saturated rings. The molecule has 272 valence electrons. The van der Waals surface area contributed by atoms with Gasteiger partial charge in [-0.25, -0.2) is 0 Å². The Kier molecular flexibility index (Phi) is 20.9. The molecule has 6 aromatic carbocycles. The average molecular weight is 813 g/mol. The van der Waals surface area contributed by atoms with Crippen LogP contribution in [0.25, 0.3) is 43.8 Å². The number of halogens is 2. The summed E-state index contributed by atoms with van der Waals surface area (Å²) < 4.78 is 0. The molecule has 0 nitrogen and oxygen atoms in total. The van der Waals surface area contributed by atoms with Gasteiger partial charge >= 0.3 is 30.2 Å². The van der Waals surface area contributed by atoms with E-state index in [0.717, 1.165) is 12.3 Å². The molecule has 0 spiro atoms. The van der Waals surface area contributed by atoms with Crippen LogP contribution in [0.15, 0.2) is 109 Å². The Hall–Kier alpha value is -2.22. The number of hydrogen-bond donors (Lipinski definition) is 0. The van der Waals surface area contributed by atoms with Crippen LogP contribution in [-0.2, 0) is 29.8 Å². The van der Waals surface area contributed by atoms with Crippen LogP contribution in [0.4, 0.5) is 0 Å². The molecule has 51 heavy (non-hydrogen) atoms. The molecule has 7 rings (SSSR count). The van der Waals surface area contributed by atoms with Crippen molar-refractivity contribution in [2.75, 3.05) is 0 Å². The second-order valence-electron chi connectivity index (χ2n) is 13.7. The summed E-state index contributed by atoms with van der Waals surface area (Å²) >= 11 is 1.36. The van der Waals surface area contributed by atoms with Crippen LogP contribution in [0, 0.1) is 14.9 Å². The standard InChI is InChI=1S/C23H25.C22H25.2CH3.2ClH.Si.Zr/c1-2-17-15-21-9-6-10-22(23(21)16-17)20-13-11-19(12-14-20)18-7-4-3-5-8-18;1-5-16(4)20-13-19-7-6-8-21(22(19)14-20)18-11-9-17(10-12-18)15(2)3;;;;;;/h6,9-16,18H,2-5,7-8H2,1H3;6-16H,5H2,1-4H3;2*1H3;2*1H;;/q4*-1;;;;. The van der Waals surface area contributed by atoms with E-state index in [2.05, 4.69) is 151 Å². The van der Waals surface area contributed by atoms with Crippen LogP contribution < -0.4 is 0 Å². The Balaban J connectivity index is 0.000000453. The summed E-state index contributed by atoms with van der Waals surface area (Å²) in [4.78, 5) is 0. The molecule has 1 aliphatic carbocycles. The van der Waals surface area contributed by atoms with E-state index in [1.165, 1.54) is 128 Å². The van der Waals surface area contributed by atoms with Crippen LogP contribution >= 0.6 is 24.8 Å². The molecule has 0 N–H and O–H groups in total. The van der Waals surface area contributed by atoms with Crippen LogP contribution in [-0.4, -0.2) is 6.88 Å². The summed E-state index contributed by atoms with van der Waals surface area (Å²) in [7, 11) is 0. The zero-order valence-corrected chi connectivity index (χ0v) is 37.0. The van der Waals surface area contributed by atoms with Crippen molar-refractivity contribution in [3.63, 3.8) is 0 Å². The number of hydrogen-bond acceptors (Lipinski definition) is 0. The summed E-state index contributed by atoms with van der Waals surface area (Å²) in [5.41, 5.74) is 11.2. The van der Waals surface area contributed by atoms with Gasteiger partial charge in [-0.05, 0) is 59.3 Å². The summed E-state index contributed by atoms with van der Waals surface area (Å²) in [5, 5.41) is 5.52. The van der Waals surface area contributed by atoms with Crippen molar-refractivity contribution < 1.29 is 23.3 Å². The molecular weight excluding hydrogens is 755 g/mol. The molecule has 0 aromatic heterocycles. The molecule has 0 aliphatic heterocycles. The third-order valence-electron chi connectivity index (χ3n) is 10.4. The SMILES string of the molecule is CCC(C)c1cc2c(-c3ccc(C(C)C)cc3)cccc2[cH-]1.CCc1cc2c(-c3ccc(C4CCCCC4)cc3)cccc2[cH-]1.Cl.Cl.[CH3-].[CH3-].[Si]=[Zr]. The molecule has 6 aromatic rings. The van der Waals surface area contributed by atoms with Gasteiger partial charge in [0.15, 0.2) is 0 Å². The van der Waals surface area contributed by atoms with Gasteiger partial charge in [0.05, 0.1) is 0 Å². The van der Waals surface area contributed by atoms with Crippen LogP contribution in [0.3, 0.4) is 0 Å². The first-order chi connectivity index (χ1) is 22.9. The molecule has 0 amide bonds. The molecule has 1 saturated carbocycles. The molecule has 0 bridgehead atoms. The van der Waals surface area contributed by atoms with Gasteiger partial charge in [0.2, 0.25) is 0 Å². The van der Waals surface area contributed by atoms with Crippen molar-refractivity contribution in [3.05, 3.63) is 146 Å². The van der Waals surface area contributed by atoms with E-state index in [-0.39, 0.29) is 39.7 Å². The van der Waals surface area contributed by atoms with Crippen LogP contribution in [0.1, 0.15) is 113 Å². The molecular formula is C47H58Cl2SiZr-4. The summed E-state index contributed by atoms with van der Waals surface area (Å²) in [6.45, 7) is 14.3. The van der Waals surface area contributed by atoms with Crippen molar-refractivity contribution in [1.29, 1.82) is 0 Å². The van der Waals surface area contributed by atoms with Crippen molar-refractivity contribution >= 4 is 53.2 Å². The molecule has 1 unspecified atom stereocenters. The van der Waals surface area contributed by atoms with Gasteiger partial charge < -0.3 is 14.9 Å². The Morgan fingerprint density at radius 1 is 0.667 bits per heavy atom. The van der Waals surface area contributed by atoms with Crippen molar-refractivity contribution in [1.82, 2.24) is 0 Å². The van der Waals surface area contributed by atoms with Gasteiger partial charge in [-0.3, -0.25) is 0 Å².